The van der Waals surface area contributed by atoms with Gasteiger partial charge in [-0.1, -0.05) is 42.5 Å². The predicted octanol–water partition coefficient (Wildman–Crippen LogP) is 3.85. The number of nitrogens with one attached hydrogen (secondary N) is 1. The summed E-state index contributed by atoms with van der Waals surface area (Å²) in [6.07, 6.45) is 0. The fourth-order valence-electron chi connectivity index (χ4n) is 2.46. The van der Waals surface area contributed by atoms with E-state index in [4.69, 9.17) is 4.74 Å². The third-order valence-electron chi connectivity index (χ3n) is 3.88. The number of benzene rings is 3. The molecule has 0 radical (unpaired) electrons. The molecule has 0 aliphatic heterocycles. The first kappa shape index (κ1) is 19.0. The maximum Gasteiger partial charge on any atom is 0.338 e. The Morgan fingerprint density at radius 3 is 1.96 bits per heavy atom. The van der Waals surface area contributed by atoms with Gasteiger partial charge in [0.25, 0.3) is 5.91 Å². The number of hydrogen-bond acceptors (Lipinski definition) is 4. The van der Waals surface area contributed by atoms with Gasteiger partial charge in [-0.25, -0.2) is 9.18 Å². The van der Waals surface area contributed by atoms with Crippen LogP contribution in [0.1, 0.15) is 26.3 Å². The summed E-state index contributed by atoms with van der Waals surface area (Å²) in [6, 6.07) is 20.0. The molecule has 0 aliphatic carbocycles. The molecule has 0 spiro atoms. The number of ketones is 1. The number of hydrogen-bond donors (Lipinski definition) is 1. The van der Waals surface area contributed by atoms with Gasteiger partial charge in [0.05, 0.1) is 5.56 Å². The lowest BCUT2D eigenvalue weighted by Gasteiger charge is -2.07. The van der Waals surface area contributed by atoms with Crippen molar-refractivity contribution in [3.63, 3.8) is 0 Å². The molecule has 0 aliphatic rings. The molecule has 3 rings (SSSR count). The number of ether oxygens (including phenoxy) is 1. The van der Waals surface area contributed by atoms with Gasteiger partial charge in [-0.15, -0.1) is 0 Å². The van der Waals surface area contributed by atoms with Crippen LogP contribution in [0.25, 0.3) is 0 Å². The van der Waals surface area contributed by atoms with E-state index in [-0.39, 0.29) is 11.3 Å². The molecular formula is C22H16FNO4. The van der Waals surface area contributed by atoms with E-state index in [0.29, 0.717) is 16.8 Å². The average Bonchev–Trinajstić information content (AvgIpc) is 2.74. The summed E-state index contributed by atoms with van der Waals surface area (Å²) < 4.78 is 17.8. The zero-order valence-electron chi connectivity index (χ0n) is 14.7. The van der Waals surface area contributed by atoms with Crippen molar-refractivity contribution >= 4 is 23.3 Å². The van der Waals surface area contributed by atoms with E-state index in [9.17, 15) is 18.8 Å². The van der Waals surface area contributed by atoms with Crippen molar-refractivity contribution in [3.05, 3.63) is 101 Å². The van der Waals surface area contributed by atoms with Gasteiger partial charge in [0.2, 0.25) is 0 Å². The summed E-state index contributed by atoms with van der Waals surface area (Å²) in [7, 11) is 0. The van der Waals surface area contributed by atoms with Gasteiger partial charge in [-0.2, -0.15) is 0 Å². The summed E-state index contributed by atoms with van der Waals surface area (Å²) in [5, 5.41) is 2.49. The molecule has 1 N–H and O–H groups in total. The Bertz CT molecular complexity index is 983. The quantitative estimate of drug-likeness (QED) is 0.523. The lowest BCUT2D eigenvalue weighted by atomic mass is 10.0. The SMILES string of the molecule is O=C(COC(=O)c1ccc(C(=O)c2ccccc2)cc1)Nc1ccc(F)cc1. The minimum atomic E-state index is -0.687. The van der Waals surface area contributed by atoms with E-state index in [1.807, 2.05) is 6.07 Å². The lowest BCUT2D eigenvalue weighted by molar-refractivity contribution is -0.119. The molecule has 28 heavy (non-hydrogen) atoms. The second kappa shape index (κ2) is 8.73. The van der Waals surface area contributed by atoms with Crippen molar-refractivity contribution < 1.29 is 23.5 Å². The molecule has 0 bridgehead atoms. The fourth-order valence-corrected chi connectivity index (χ4v) is 2.46. The predicted molar refractivity (Wildman–Crippen MR) is 102 cm³/mol. The Hall–Kier alpha value is -3.80. The first-order valence-corrected chi connectivity index (χ1v) is 8.45. The summed E-state index contributed by atoms with van der Waals surface area (Å²) in [6.45, 7) is -0.485. The highest BCUT2D eigenvalue weighted by atomic mass is 19.1. The van der Waals surface area contributed by atoms with Gasteiger partial charge in [0.1, 0.15) is 5.82 Å². The Morgan fingerprint density at radius 1 is 0.750 bits per heavy atom. The Labute approximate surface area is 160 Å². The molecule has 0 saturated heterocycles. The molecular weight excluding hydrogens is 361 g/mol. The van der Waals surface area contributed by atoms with Crippen molar-refractivity contribution in [2.75, 3.05) is 11.9 Å². The van der Waals surface area contributed by atoms with E-state index in [1.165, 1.54) is 48.5 Å². The third kappa shape index (κ3) is 4.88. The first-order chi connectivity index (χ1) is 13.5. The van der Waals surface area contributed by atoms with E-state index in [1.54, 1.807) is 24.3 Å². The second-order valence-corrected chi connectivity index (χ2v) is 5.90. The lowest BCUT2D eigenvalue weighted by Crippen LogP contribution is -2.21. The van der Waals surface area contributed by atoms with E-state index >= 15 is 0 Å². The highest BCUT2D eigenvalue weighted by Gasteiger charge is 2.13. The monoisotopic (exact) mass is 377 g/mol. The van der Waals surface area contributed by atoms with Gasteiger partial charge in [0, 0.05) is 16.8 Å². The van der Waals surface area contributed by atoms with Crippen LogP contribution >= 0.6 is 0 Å². The molecule has 0 aromatic heterocycles. The van der Waals surface area contributed by atoms with Crippen LogP contribution in [-0.2, 0) is 9.53 Å². The Kier molecular flexibility index (Phi) is 5.91. The van der Waals surface area contributed by atoms with Gasteiger partial charge in [0.15, 0.2) is 12.4 Å². The number of rotatable bonds is 6. The maximum absolute atomic E-state index is 12.8. The highest BCUT2D eigenvalue weighted by Crippen LogP contribution is 2.12. The van der Waals surface area contributed by atoms with E-state index in [2.05, 4.69) is 5.32 Å². The van der Waals surface area contributed by atoms with Crippen molar-refractivity contribution in [3.8, 4) is 0 Å². The van der Waals surface area contributed by atoms with Crippen LogP contribution in [0, 0.1) is 5.82 Å². The zero-order valence-corrected chi connectivity index (χ0v) is 14.7. The molecule has 140 valence electrons. The van der Waals surface area contributed by atoms with Crippen molar-refractivity contribution in [1.29, 1.82) is 0 Å². The third-order valence-corrected chi connectivity index (χ3v) is 3.88. The molecule has 0 saturated carbocycles. The zero-order chi connectivity index (χ0) is 19.9. The van der Waals surface area contributed by atoms with Crippen LogP contribution in [0.3, 0.4) is 0 Å². The van der Waals surface area contributed by atoms with Crippen molar-refractivity contribution in [2.24, 2.45) is 0 Å². The number of esters is 1. The molecule has 5 nitrogen and oxygen atoms in total. The summed E-state index contributed by atoms with van der Waals surface area (Å²) in [4.78, 5) is 36.2. The summed E-state index contributed by atoms with van der Waals surface area (Å²) in [5.41, 5.74) is 1.61. The normalized spacial score (nSPS) is 10.2. The van der Waals surface area contributed by atoms with Crippen LogP contribution in [0.2, 0.25) is 0 Å². The molecule has 0 fully saturated rings. The summed E-state index contributed by atoms with van der Waals surface area (Å²) >= 11 is 0. The molecule has 0 unspecified atom stereocenters. The van der Waals surface area contributed by atoms with E-state index < -0.39 is 24.3 Å². The van der Waals surface area contributed by atoms with Crippen LogP contribution in [0.15, 0.2) is 78.9 Å². The standard InChI is InChI=1S/C22H16FNO4/c23-18-10-12-19(13-11-18)24-20(25)14-28-22(27)17-8-6-16(7-9-17)21(26)15-4-2-1-3-5-15/h1-13H,14H2,(H,24,25). The van der Waals surface area contributed by atoms with Gasteiger partial charge < -0.3 is 10.1 Å². The molecule has 6 heteroatoms. The minimum absolute atomic E-state index is 0.154. The van der Waals surface area contributed by atoms with Crippen molar-refractivity contribution in [2.45, 2.75) is 0 Å². The first-order valence-electron chi connectivity index (χ1n) is 8.45. The fraction of sp³-hybridized carbons (Fsp3) is 0.0455. The molecule has 0 atom stereocenters. The highest BCUT2D eigenvalue weighted by molar-refractivity contribution is 6.09. The Balaban J connectivity index is 1.55. The van der Waals surface area contributed by atoms with Crippen molar-refractivity contribution in [1.82, 2.24) is 0 Å². The average molecular weight is 377 g/mol. The Morgan fingerprint density at radius 2 is 1.32 bits per heavy atom. The molecule has 3 aromatic carbocycles. The molecule has 1 amide bonds. The maximum atomic E-state index is 12.8. The largest absolute Gasteiger partial charge is 0.452 e. The second-order valence-electron chi connectivity index (χ2n) is 5.90. The van der Waals surface area contributed by atoms with Crippen LogP contribution < -0.4 is 5.32 Å². The van der Waals surface area contributed by atoms with E-state index in [0.717, 1.165) is 0 Å². The van der Waals surface area contributed by atoms with Gasteiger partial charge in [-0.05, 0) is 36.4 Å². The number of carbonyl (C=O) groups is 3. The topological polar surface area (TPSA) is 72.5 Å². The van der Waals surface area contributed by atoms with Gasteiger partial charge in [-0.3, -0.25) is 9.59 Å². The number of carbonyl (C=O) groups excluding carboxylic acids is 3. The van der Waals surface area contributed by atoms with Crippen LogP contribution in [-0.4, -0.2) is 24.3 Å². The summed E-state index contributed by atoms with van der Waals surface area (Å²) in [5.74, 6) is -1.80. The number of halogens is 1. The number of amides is 1. The smallest absolute Gasteiger partial charge is 0.338 e. The van der Waals surface area contributed by atoms with Crippen LogP contribution in [0.4, 0.5) is 10.1 Å². The molecule has 3 aromatic rings. The molecule has 0 heterocycles. The van der Waals surface area contributed by atoms with Gasteiger partial charge >= 0.3 is 5.97 Å². The minimum Gasteiger partial charge on any atom is -0.452 e. The number of anilines is 1. The van der Waals surface area contributed by atoms with Crippen LogP contribution in [0.5, 0.6) is 0 Å².